The number of nitrogens with zero attached hydrogens (tertiary/aromatic N) is 2. The Labute approximate surface area is 91.0 Å². The van der Waals surface area contributed by atoms with Crippen LogP contribution in [0.25, 0.3) is 0 Å². The Bertz CT molecular complexity index is 388. The van der Waals surface area contributed by atoms with E-state index in [2.05, 4.69) is 20.9 Å². The van der Waals surface area contributed by atoms with Crippen LogP contribution in [0.2, 0.25) is 0 Å². The maximum atomic E-state index is 12.1. The molecule has 1 aromatic heterocycles. The number of hydrogen-bond acceptors (Lipinski definition) is 4. The van der Waals surface area contributed by atoms with Crippen molar-refractivity contribution in [1.82, 2.24) is 4.98 Å². The lowest BCUT2D eigenvalue weighted by atomic mass is 10.2. The summed E-state index contributed by atoms with van der Waals surface area (Å²) >= 11 is 2.91. The molecule has 1 rings (SSSR count). The molecule has 0 saturated heterocycles. The van der Waals surface area contributed by atoms with Crippen LogP contribution in [0.4, 0.5) is 14.5 Å². The maximum absolute atomic E-state index is 12.1. The summed E-state index contributed by atoms with van der Waals surface area (Å²) in [6.07, 6.45) is -4.26. The Hall–Kier alpha value is -1.15. The summed E-state index contributed by atoms with van der Waals surface area (Å²) in [6, 6.07) is 1.01. The summed E-state index contributed by atoms with van der Waals surface area (Å²) in [5.74, 6) is 0. The van der Waals surface area contributed by atoms with Crippen molar-refractivity contribution in [2.24, 2.45) is 0 Å². The Morgan fingerprint density at radius 1 is 1.60 bits per heavy atom. The van der Waals surface area contributed by atoms with Gasteiger partial charge in [-0.2, -0.15) is 0 Å². The van der Waals surface area contributed by atoms with E-state index in [0.717, 1.165) is 12.3 Å². The average molecular weight is 283 g/mol. The highest BCUT2D eigenvalue weighted by Crippen LogP contribution is 2.29. The Morgan fingerprint density at radius 3 is 2.67 bits per heavy atom. The van der Waals surface area contributed by atoms with Gasteiger partial charge in [0, 0.05) is 16.7 Å². The zero-order valence-electron chi connectivity index (χ0n) is 7.10. The SMILES string of the molecule is O=[N+]([O-])c1cc(Br)cnc1C(O)C(F)F. The molecule has 0 amide bonds. The van der Waals surface area contributed by atoms with Crippen LogP contribution < -0.4 is 0 Å². The van der Waals surface area contributed by atoms with Crippen LogP contribution in [0, 0.1) is 10.1 Å². The first-order valence-electron chi connectivity index (χ1n) is 3.69. The lowest BCUT2D eigenvalue weighted by molar-refractivity contribution is -0.386. The predicted molar refractivity (Wildman–Crippen MR) is 49.6 cm³/mol. The van der Waals surface area contributed by atoms with Crippen molar-refractivity contribution in [1.29, 1.82) is 0 Å². The maximum Gasteiger partial charge on any atom is 0.294 e. The van der Waals surface area contributed by atoms with Gasteiger partial charge in [0.05, 0.1) is 4.92 Å². The molecule has 82 valence electrons. The fourth-order valence-electron chi connectivity index (χ4n) is 0.933. The second-order valence-corrected chi connectivity index (χ2v) is 3.51. The van der Waals surface area contributed by atoms with Crippen LogP contribution in [0.1, 0.15) is 11.8 Å². The van der Waals surface area contributed by atoms with Crippen molar-refractivity contribution < 1.29 is 18.8 Å². The van der Waals surface area contributed by atoms with Crippen LogP contribution in [0.15, 0.2) is 16.7 Å². The third-order valence-corrected chi connectivity index (χ3v) is 2.01. The van der Waals surface area contributed by atoms with Gasteiger partial charge in [0.15, 0.2) is 11.8 Å². The van der Waals surface area contributed by atoms with Gasteiger partial charge < -0.3 is 5.11 Å². The number of aromatic nitrogens is 1. The summed E-state index contributed by atoms with van der Waals surface area (Å²) in [7, 11) is 0. The lowest BCUT2D eigenvalue weighted by Crippen LogP contribution is -2.12. The van der Waals surface area contributed by atoms with Gasteiger partial charge in [-0.05, 0) is 15.9 Å². The first-order valence-corrected chi connectivity index (χ1v) is 4.49. The molecule has 1 N–H and O–H groups in total. The van der Waals surface area contributed by atoms with Crippen molar-refractivity contribution in [2.75, 3.05) is 0 Å². The summed E-state index contributed by atoms with van der Waals surface area (Å²) in [5.41, 5.74) is -1.28. The minimum absolute atomic E-state index is 0.277. The summed E-state index contributed by atoms with van der Waals surface area (Å²) in [4.78, 5) is 13.0. The van der Waals surface area contributed by atoms with E-state index in [4.69, 9.17) is 5.11 Å². The summed E-state index contributed by atoms with van der Waals surface area (Å²) < 4.78 is 24.5. The smallest absolute Gasteiger partial charge is 0.294 e. The van der Waals surface area contributed by atoms with Crippen LogP contribution in [0.5, 0.6) is 0 Å². The minimum atomic E-state index is -3.11. The molecule has 1 atom stereocenters. The second-order valence-electron chi connectivity index (χ2n) is 2.59. The zero-order chi connectivity index (χ0) is 11.6. The van der Waals surface area contributed by atoms with Crippen LogP contribution in [-0.4, -0.2) is 21.4 Å². The third-order valence-electron chi connectivity index (χ3n) is 1.58. The monoisotopic (exact) mass is 282 g/mol. The Kier molecular flexibility index (Phi) is 3.64. The topological polar surface area (TPSA) is 76.3 Å². The number of aliphatic hydroxyl groups is 1. The summed E-state index contributed by atoms with van der Waals surface area (Å²) in [5, 5.41) is 19.5. The van der Waals surface area contributed by atoms with E-state index < -0.39 is 28.8 Å². The van der Waals surface area contributed by atoms with Crippen molar-refractivity contribution in [3.05, 3.63) is 32.5 Å². The number of hydrogen-bond donors (Lipinski definition) is 1. The molecule has 0 aliphatic carbocycles. The van der Waals surface area contributed by atoms with E-state index in [1.54, 1.807) is 0 Å². The largest absolute Gasteiger partial charge is 0.381 e. The molecular formula is C7H5BrF2N2O3. The first-order chi connectivity index (χ1) is 6.93. The Morgan fingerprint density at radius 2 is 2.20 bits per heavy atom. The fourth-order valence-corrected chi connectivity index (χ4v) is 1.25. The molecule has 0 aliphatic heterocycles. The number of nitro groups is 1. The molecule has 5 nitrogen and oxygen atoms in total. The molecule has 0 aliphatic rings. The molecule has 0 fully saturated rings. The third kappa shape index (κ3) is 2.66. The van der Waals surface area contributed by atoms with Gasteiger partial charge >= 0.3 is 0 Å². The number of alkyl halides is 2. The van der Waals surface area contributed by atoms with Crippen molar-refractivity contribution in [2.45, 2.75) is 12.5 Å². The molecule has 0 spiro atoms. The molecule has 15 heavy (non-hydrogen) atoms. The van der Waals surface area contributed by atoms with Gasteiger partial charge in [0.2, 0.25) is 0 Å². The van der Waals surface area contributed by atoms with Gasteiger partial charge in [-0.3, -0.25) is 10.1 Å². The number of pyridine rings is 1. The number of rotatable bonds is 3. The van der Waals surface area contributed by atoms with E-state index in [-0.39, 0.29) is 4.47 Å². The highest BCUT2D eigenvalue weighted by atomic mass is 79.9. The standard InChI is InChI=1S/C7H5BrF2N2O3/c8-3-1-4(12(14)15)5(11-2-3)6(13)7(9)10/h1-2,6-7,13H. The molecule has 0 aromatic carbocycles. The molecular weight excluding hydrogens is 278 g/mol. The first kappa shape index (κ1) is 11.9. The van der Waals surface area contributed by atoms with E-state index in [1.165, 1.54) is 0 Å². The molecule has 0 bridgehead atoms. The van der Waals surface area contributed by atoms with E-state index >= 15 is 0 Å². The van der Waals surface area contributed by atoms with Gasteiger partial charge in [-0.25, -0.2) is 13.8 Å². The van der Waals surface area contributed by atoms with Crippen molar-refractivity contribution >= 4 is 21.6 Å². The van der Waals surface area contributed by atoms with Crippen LogP contribution in [-0.2, 0) is 0 Å². The van der Waals surface area contributed by atoms with Crippen molar-refractivity contribution in [3.63, 3.8) is 0 Å². The molecule has 1 unspecified atom stereocenters. The normalized spacial score (nSPS) is 12.9. The Balaban J connectivity index is 3.22. The predicted octanol–water partition coefficient (Wildman–Crippen LogP) is 2.05. The molecule has 0 saturated carbocycles. The van der Waals surface area contributed by atoms with Gasteiger partial charge in [0.1, 0.15) is 0 Å². The number of aliphatic hydroxyl groups excluding tert-OH is 1. The molecule has 8 heteroatoms. The van der Waals surface area contributed by atoms with E-state index in [0.29, 0.717) is 0 Å². The molecule has 1 aromatic rings. The van der Waals surface area contributed by atoms with Crippen LogP contribution in [0.3, 0.4) is 0 Å². The van der Waals surface area contributed by atoms with E-state index in [9.17, 15) is 18.9 Å². The van der Waals surface area contributed by atoms with Gasteiger partial charge in [-0.1, -0.05) is 0 Å². The lowest BCUT2D eigenvalue weighted by Gasteiger charge is -2.08. The van der Waals surface area contributed by atoms with Gasteiger partial charge in [-0.15, -0.1) is 0 Å². The highest BCUT2D eigenvalue weighted by molar-refractivity contribution is 9.10. The highest BCUT2D eigenvalue weighted by Gasteiger charge is 2.29. The quantitative estimate of drug-likeness (QED) is 0.680. The summed E-state index contributed by atoms with van der Waals surface area (Å²) in [6.45, 7) is 0. The molecule has 0 radical (unpaired) electrons. The average Bonchev–Trinajstić information content (AvgIpc) is 2.16. The van der Waals surface area contributed by atoms with Crippen molar-refractivity contribution in [3.8, 4) is 0 Å². The van der Waals surface area contributed by atoms with Crippen LogP contribution >= 0.6 is 15.9 Å². The zero-order valence-corrected chi connectivity index (χ0v) is 8.69. The second kappa shape index (κ2) is 4.58. The number of halogens is 3. The molecule has 1 heterocycles. The minimum Gasteiger partial charge on any atom is -0.381 e. The van der Waals surface area contributed by atoms with E-state index in [1.807, 2.05) is 0 Å². The van der Waals surface area contributed by atoms with Gasteiger partial charge in [0.25, 0.3) is 12.1 Å². The fraction of sp³-hybridized carbons (Fsp3) is 0.286.